The van der Waals surface area contributed by atoms with Crippen LogP contribution in [-0.2, 0) is 4.74 Å². The van der Waals surface area contributed by atoms with Gasteiger partial charge in [-0.05, 0) is 24.3 Å². The predicted octanol–water partition coefficient (Wildman–Crippen LogP) is 0.190. The van der Waals surface area contributed by atoms with Crippen molar-refractivity contribution in [3.05, 3.63) is 39.9 Å². The molecule has 1 aliphatic heterocycles. The van der Waals surface area contributed by atoms with E-state index < -0.39 is 5.03 Å². The third kappa shape index (κ3) is 2.89. The molecule has 1 N–H and O–H groups in total. The Balaban J connectivity index is 2.17. The van der Waals surface area contributed by atoms with Gasteiger partial charge in [-0.3, -0.25) is 0 Å². The Kier molecular flexibility index (Phi) is 3.78. The first-order chi connectivity index (χ1) is 9.11. The lowest BCUT2D eigenvalue weighted by molar-refractivity contribution is -0.646. The number of hydrogen-bond acceptors (Lipinski definition) is 7. The summed E-state index contributed by atoms with van der Waals surface area (Å²) in [6.07, 6.45) is 0. The van der Waals surface area contributed by atoms with Gasteiger partial charge in [-0.25, -0.2) is 15.2 Å². The molecule has 9 heteroatoms. The van der Waals surface area contributed by atoms with Crippen LogP contribution in [0.25, 0.3) is 0 Å². The minimum absolute atomic E-state index is 0.144. The molecule has 1 aliphatic rings. The van der Waals surface area contributed by atoms with Crippen LogP contribution in [0.1, 0.15) is 5.56 Å². The third-order valence-corrected chi connectivity index (χ3v) is 2.30. The molecule has 2 rings (SSSR count). The van der Waals surface area contributed by atoms with Gasteiger partial charge in [0.2, 0.25) is 5.84 Å². The number of hydrazine groups is 3. The lowest BCUT2D eigenvalue weighted by atomic mass is 10.2. The van der Waals surface area contributed by atoms with Crippen molar-refractivity contribution in [2.24, 2.45) is 5.10 Å². The highest BCUT2D eigenvalue weighted by atomic mass is 16.7. The average molecular weight is 267 g/mol. The molecule has 0 amide bonds. The highest BCUT2D eigenvalue weighted by Gasteiger charge is 2.31. The van der Waals surface area contributed by atoms with Crippen molar-refractivity contribution >= 4 is 5.84 Å². The summed E-state index contributed by atoms with van der Waals surface area (Å²) >= 11 is 0. The zero-order valence-electron chi connectivity index (χ0n) is 10.4. The van der Waals surface area contributed by atoms with Crippen LogP contribution in [0.3, 0.4) is 0 Å². The van der Waals surface area contributed by atoms with Crippen molar-refractivity contribution in [2.45, 2.75) is 0 Å². The first-order valence-corrected chi connectivity index (χ1v) is 5.37. The van der Waals surface area contributed by atoms with Gasteiger partial charge >= 0.3 is 0 Å². The van der Waals surface area contributed by atoms with Crippen molar-refractivity contribution in [3.63, 3.8) is 0 Å². The van der Waals surface area contributed by atoms with Crippen LogP contribution in [0, 0.1) is 10.1 Å². The minimum Gasteiger partial charge on any atom is -0.468 e. The van der Waals surface area contributed by atoms with Gasteiger partial charge in [0.15, 0.2) is 11.8 Å². The molecule has 0 unspecified atom stereocenters. The summed E-state index contributed by atoms with van der Waals surface area (Å²) in [7, 11) is 3.09. The number of hydrazone groups is 1. The van der Waals surface area contributed by atoms with Gasteiger partial charge in [-0.15, -0.1) is 5.10 Å². The fourth-order valence-electron chi connectivity index (χ4n) is 1.51. The van der Waals surface area contributed by atoms with Gasteiger partial charge in [0.1, 0.15) is 5.75 Å². The first kappa shape index (κ1) is 13.1. The van der Waals surface area contributed by atoms with Crippen LogP contribution in [0.15, 0.2) is 29.4 Å². The molecule has 0 atom stereocenters. The fraction of sp³-hybridized carbons (Fsp3) is 0.300. The van der Waals surface area contributed by atoms with Gasteiger partial charge < -0.3 is 9.47 Å². The maximum absolute atomic E-state index is 10.9. The van der Waals surface area contributed by atoms with E-state index in [-0.39, 0.29) is 12.6 Å². The van der Waals surface area contributed by atoms with Crippen molar-refractivity contribution in [2.75, 3.05) is 21.0 Å². The fourth-order valence-corrected chi connectivity index (χ4v) is 1.51. The lowest BCUT2D eigenvalue weighted by Gasteiger charge is -2.10. The van der Waals surface area contributed by atoms with Crippen molar-refractivity contribution < 1.29 is 14.5 Å². The molecule has 0 fully saturated rings. The molecule has 1 aromatic carbocycles. The number of benzene rings is 1. The highest BCUT2D eigenvalue weighted by molar-refractivity contribution is 5.98. The summed E-state index contributed by atoms with van der Waals surface area (Å²) in [5, 5.41) is 16.3. The second kappa shape index (κ2) is 5.50. The van der Waals surface area contributed by atoms with Crippen molar-refractivity contribution in [1.29, 1.82) is 0 Å². The summed E-state index contributed by atoms with van der Waals surface area (Å²) in [4.78, 5) is 10.9. The quantitative estimate of drug-likeness (QED) is 0.462. The Morgan fingerprint density at radius 2 is 2.11 bits per heavy atom. The Labute approximate surface area is 109 Å². The molecular formula is C10H13N5O4. The van der Waals surface area contributed by atoms with Crippen LogP contribution in [-0.4, -0.2) is 42.1 Å². The normalized spacial score (nSPS) is 14.5. The van der Waals surface area contributed by atoms with E-state index in [0.29, 0.717) is 11.3 Å². The average Bonchev–Trinajstić information content (AvgIpc) is 2.79. The smallest absolute Gasteiger partial charge is 0.243 e. The number of hydrogen-bond donors (Lipinski definition) is 1. The van der Waals surface area contributed by atoms with E-state index in [1.807, 2.05) is 0 Å². The Morgan fingerprint density at radius 1 is 1.42 bits per heavy atom. The zero-order chi connectivity index (χ0) is 13.8. The van der Waals surface area contributed by atoms with Gasteiger partial charge in [0, 0.05) is 24.8 Å². The molecule has 1 heterocycles. The molecular weight excluding hydrogens is 254 g/mol. The maximum atomic E-state index is 10.9. The predicted molar refractivity (Wildman–Crippen MR) is 65.2 cm³/mol. The maximum Gasteiger partial charge on any atom is 0.243 e. The minimum atomic E-state index is -0.586. The van der Waals surface area contributed by atoms with Crippen LogP contribution >= 0.6 is 0 Å². The zero-order valence-corrected chi connectivity index (χ0v) is 10.4. The van der Waals surface area contributed by atoms with E-state index in [4.69, 9.17) is 9.47 Å². The molecule has 102 valence electrons. The summed E-state index contributed by atoms with van der Waals surface area (Å²) < 4.78 is 10.0. The molecule has 0 radical (unpaired) electrons. The van der Waals surface area contributed by atoms with E-state index in [2.05, 4.69) is 10.6 Å². The highest BCUT2D eigenvalue weighted by Crippen LogP contribution is 2.16. The van der Waals surface area contributed by atoms with Gasteiger partial charge in [-0.2, -0.15) is 0 Å². The Hall–Kier alpha value is -2.39. The van der Waals surface area contributed by atoms with E-state index in [1.54, 1.807) is 31.3 Å². The topological polar surface area (TPSA) is 92.5 Å². The van der Waals surface area contributed by atoms with Crippen LogP contribution in [0.4, 0.5) is 0 Å². The first-order valence-electron chi connectivity index (χ1n) is 5.37. The van der Waals surface area contributed by atoms with Crippen molar-refractivity contribution in [3.8, 4) is 5.75 Å². The standard InChI is InChI=1S/C10H13N5O4/c1-13-11-10(14(12-13)15(16)17)8-3-5-9(6-4-8)19-7-18-2/h3-6,12H,7H2,1-2H3. The van der Waals surface area contributed by atoms with E-state index in [9.17, 15) is 10.1 Å². The van der Waals surface area contributed by atoms with E-state index >= 15 is 0 Å². The van der Waals surface area contributed by atoms with E-state index in [0.717, 1.165) is 5.12 Å². The number of nitrogens with zero attached hydrogens (tertiary/aromatic N) is 4. The molecule has 0 aromatic heterocycles. The number of ether oxygens (including phenoxy) is 2. The van der Waals surface area contributed by atoms with Crippen LogP contribution in [0.2, 0.25) is 0 Å². The third-order valence-electron chi connectivity index (χ3n) is 2.30. The molecule has 1 aromatic rings. The van der Waals surface area contributed by atoms with Crippen LogP contribution in [0.5, 0.6) is 5.75 Å². The number of rotatable bonds is 5. The number of amidine groups is 1. The summed E-state index contributed by atoms with van der Waals surface area (Å²) in [5.41, 5.74) is 3.06. The number of methoxy groups -OCH3 is 1. The monoisotopic (exact) mass is 267 g/mol. The van der Waals surface area contributed by atoms with Gasteiger partial charge in [0.25, 0.3) is 0 Å². The summed E-state index contributed by atoms with van der Waals surface area (Å²) in [6, 6.07) is 6.74. The second-order valence-electron chi connectivity index (χ2n) is 3.67. The molecule has 0 saturated heterocycles. The molecule has 0 aliphatic carbocycles. The lowest BCUT2D eigenvalue weighted by Crippen LogP contribution is -2.45. The number of nitro groups is 1. The molecule has 0 saturated carbocycles. The Morgan fingerprint density at radius 3 is 2.68 bits per heavy atom. The summed E-state index contributed by atoms with van der Waals surface area (Å²) in [5.74, 6) is 0.809. The Bertz CT molecular complexity index is 489. The molecule has 0 spiro atoms. The van der Waals surface area contributed by atoms with Gasteiger partial charge in [0.05, 0.1) is 0 Å². The summed E-state index contributed by atoms with van der Waals surface area (Å²) in [6.45, 7) is 0.144. The number of nitrogens with one attached hydrogen (secondary N) is 1. The van der Waals surface area contributed by atoms with Crippen molar-refractivity contribution in [1.82, 2.24) is 15.8 Å². The van der Waals surface area contributed by atoms with Crippen LogP contribution < -0.4 is 10.3 Å². The SMILES string of the molecule is COCOc1ccc(C2=NN(C)NN2[N+](=O)[O-])cc1. The largest absolute Gasteiger partial charge is 0.468 e. The molecule has 0 bridgehead atoms. The van der Waals surface area contributed by atoms with Gasteiger partial charge in [-0.1, -0.05) is 5.53 Å². The second-order valence-corrected chi connectivity index (χ2v) is 3.67. The molecule has 19 heavy (non-hydrogen) atoms. The molecule has 9 nitrogen and oxygen atoms in total. The van der Waals surface area contributed by atoms with E-state index in [1.165, 1.54) is 12.2 Å².